The number of carbonyl (C=O) groups is 1. The minimum absolute atomic E-state index is 0.186. The highest BCUT2D eigenvalue weighted by molar-refractivity contribution is 5.67. The van der Waals surface area contributed by atoms with Crippen LogP contribution in [0.4, 0.5) is 4.79 Å². The smallest absolute Gasteiger partial charge is 0.410 e. The van der Waals surface area contributed by atoms with Crippen molar-refractivity contribution in [1.29, 1.82) is 0 Å². The van der Waals surface area contributed by atoms with Crippen LogP contribution in [0.1, 0.15) is 45.1 Å². The van der Waals surface area contributed by atoms with Gasteiger partial charge in [0, 0.05) is 38.8 Å². The van der Waals surface area contributed by atoms with Gasteiger partial charge in [0.2, 0.25) is 0 Å². The van der Waals surface area contributed by atoms with Crippen LogP contribution in [0.2, 0.25) is 0 Å². The van der Waals surface area contributed by atoms with E-state index in [9.17, 15) is 4.79 Å². The molecule has 2 aliphatic heterocycles. The van der Waals surface area contributed by atoms with E-state index in [2.05, 4.69) is 23.6 Å². The van der Waals surface area contributed by atoms with Crippen LogP contribution in [0.25, 0.3) is 0 Å². The molecule has 3 rings (SSSR count). The third-order valence-electron chi connectivity index (χ3n) is 5.87. The Bertz CT molecular complexity index is 593. The number of hydrogen-bond acceptors (Lipinski definition) is 4. The second kappa shape index (κ2) is 10.8. The van der Waals surface area contributed by atoms with Crippen LogP contribution in [0.3, 0.4) is 0 Å². The lowest BCUT2D eigenvalue weighted by atomic mass is 9.99. The monoisotopic (exact) mass is 387 g/mol. The number of piperidine rings is 1. The second-order valence-corrected chi connectivity index (χ2v) is 8.72. The summed E-state index contributed by atoms with van der Waals surface area (Å²) in [5.74, 6) is 0.440. The van der Waals surface area contributed by atoms with E-state index >= 15 is 0 Å². The molecule has 0 aromatic heterocycles. The Balaban J connectivity index is 1.42. The molecule has 1 amide bonds. The van der Waals surface area contributed by atoms with Crippen LogP contribution in [0, 0.1) is 5.92 Å². The summed E-state index contributed by atoms with van der Waals surface area (Å²) in [6.07, 6.45) is 4.92. The third kappa shape index (κ3) is 6.49. The average Bonchev–Trinajstić information content (AvgIpc) is 2.71. The van der Waals surface area contributed by atoms with Gasteiger partial charge >= 0.3 is 6.09 Å². The van der Waals surface area contributed by atoms with Gasteiger partial charge in [-0.25, -0.2) is 4.79 Å². The van der Waals surface area contributed by atoms with Crippen molar-refractivity contribution < 1.29 is 9.53 Å². The van der Waals surface area contributed by atoms with Gasteiger partial charge in [-0.15, -0.1) is 0 Å². The van der Waals surface area contributed by atoms with Gasteiger partial charge in [-0.2, -0.15) is 0 Å². The summed E-state index contributed by atoms with van der Waals surface area (Å²) in [5, 5.41) is 0. The molecule has 2 saturated heterocycles. The fourth-order valence-electron chi connectivity index (χ4n) is 4.42. The number of amides is 1. The van der Waals surface area contributed by atoms with Crippen molar-refractivity contribution in [3.8, 4) is 0 Å². The first kappa shape index (κ1) is 21.1. The number of ether oxygens (including phenoxy) is 1. The van der Waals surface area contributed by atoms with Crippen molar-refractivity contribution >= 4 is 6.09 Å². The topological polar surface area (TPSA) is 36.0 Å². The molecule has 0 N–H and O–H groups in total. The maximum atomic E-state index is 12.6. The first-order valence-corrected chi connectivity index (χ1v) is 11.0. The largest absolute Gasteiger partial charge is 0.445 e. The average molecular weight is 388 g/mol. The Morgan fingerprint density at radius 1 is 1.18 bits per heavy atom. The van der Waals surface area contributed by atoms with E-state index < -0.39 is 0 Å². The van der Waals surface area contributed by atoms with Gasteiger partial charge in [0.1, 0.15) is 6.61 Å². The molecule has 0 saturated carbocycles. The van der Waals surface area contributed by atoms with Gasteiger partial charge < -0.3 is 14.5 Å². The third-order valence-corrected chi connectivity index (χ3v) is 5.87. The molecule has 2 aliphatic rings. The standard InChI is InChI=1S/C23H37N3O2/c1-20(2)17-26(23(27)28-19-21-9-4-3-5-10-21)14-8-12-24-15-16-25-13-7-6-11-22(25)18-24/h3-5,9-10,20,22H,6-8,11-19H2,1-2H3. The number of nitrogens with zero attached hydrogens (tertiary/aromatic N) is 3. The van der Waals surface area contributed by atoms with E-state index in [0.717, 1.165) is 37.7 Å². The molecule has 0 aliphatic carbocycles. The molecule has 5 heteroatoms. The highest BCUT2D eigenvalue weighted by atomic mass is 16.6. The summed E-state index contributed by atoms with van der Waals surface area (Å²) < 4.78 is 5.57. The number of benzene rings is 1. The van der Waals surface area contributed by atoms with Crippen molar-refractivity contribution in [3.05, 3.63) is 35.9 Å². The van der Waals surface area contributed by atoms with E-state index in [-0.39, 0.29) is 6.09 Å². The van der Waals surface area contributed by atoms with Crippen LogP contribution in [0.15, 0.2) is 30.3 Å². The summed E-state index contributed by atoms with van der Waals surface area (Å²) in [4.78, 5) is 19.8. The highest BCUT2D eigenvalue weighted by Crippen LogP contribution is 2.21. The molecule has 0 radical (unpaired) electrons. The van der Waals surface area contributed by atoms with Gasteiger partial charge in [0.05, 0.1) is 0 Å². The van der Waals surface area contributed by atoms with Gasteiger partial charge in [0.15, 0.2) is 0 Å². The molecule has 2 heterocycles. The summed E-state index contributed by atoms with van der Waals surface area (Å²) in [6.45, 7) is 12.1. The number of rotatable bonds is 8. The molecular weight excluding hydrogens is 350 g/mol. The maximum Gasteiger partial charge on any atom is 0.410 e. The summed E-state index contributed by atoms with van der Waals surface area (Å²) in [6, 6.07) is 10.7. The predicted molar refractivity (Wildman–Crippen MR) is 113 cm³/mol. The molecule has 1 aromatic rings. The Morgan fingerprint density at radius 3 is 2.79 bits per heavy atom. The zero-order valence-electron chi connectivity index (χ0n) is 17.7. The fraction of sp³-hybridized carbons (Fsp3) is 0.696. The highest BCUT2D eigenvalue weighted by Gasteiger charge is 2.28. The zero-order valence-corrected chi connectivity index (χ0v) is 17.7. The van der Waals surface area contributed by atoms with Crippen molar-refractivity contribution in [2.75, 3.05) is 45.8 Å². The number of hydrogen-bond donors (Lipinski definition) is 0. The molecule has 5 nitrogen and oxygen atoms in total. The quantitative estimate of drug-likeness (QED) is 0.679. The summed E-state index contributed by atoms with van der Waals surface area (Å²) in [7, 11) is 0. The number of piperazine rings is 1. The zero-order chi connectivity index (χ0) is 19.8. The van der Waals surface area contributed by atoms with Gasteiger partial charge in [-0.05, 0) is 43.8 Å². The van der Waals surface area contributed by atoms with Gasteiger partial charge in [0.25, 0.3) is 0 Å². The minimum Gasteiger partial charge on any atom is -0.445 e. The van der Waals surface area contributed by atoms with Crippen LogP contribution < -0.4 is 0 Å². The van der Waals surface area contributed by atoms with Crippen molar-refractivity contribution in [3.63, 3.8) is 0 Å². The first-order valence-electron chi connectivity index (χ1n) is 11.0. The van der Waals surface area contributed by atoms with Gasteiger partial charge in [-0.3, -0.25) is 4.90 Å². The van der Waals surface area contributed by atoms with E-state index in [0.29, 0.717) is 12.5 Å². The maximum absolute atomic E-state index is 12.6. The molecule has 2 fully saturated rings. The predicted octanol–water partition coefficient (Wildman–Crippen LogP) is 3.84. The lowest BCUT2D eigenvalue weighted by Crippen LogP contribution is -2.55. The Labute approximate surface area is 170 Å². The summed E-state index contributed by atoms with van der Waals surface area (Å²) in [5.41, 5.74) is 1.03. The van der Waals surface area contributed by atoms with E-state index in [4.69, 9.17) is 4.74 Å². The number of fused-ring (bicyclic) bond motifs is 1. The Kier molecular flexibility index (Phi) is 8.16. The fourth-order valence-corrected chi connectivity index (χ4v) is 4.42. The summed E-state index contributed by atoms with van der Waals surface area (Å²) >= 11 is 0. The molecule has 0 spiro atoms. The molecular formula is C23H37N3O2. The van der Waals surface area contributed by atoms with E-state index in [1.807, 2.05) is 35.2 Å². The number of carbonyl (C=O) groups excluding carboxylic acids is 1. The molecule has 156 valence electrons. The first-order chi connectivity index (χ1) is 13.6. The van der Waals surface area contributed by atoms with E-state index in [1.54, 1.807) is 0 Å². The second-order valence-electron chi connectivity index (χ2n) is 8.72. The molecule has 28 heavy (non-hydrogen) atoms. The molecule has 1 unspecified atom stereocenters. The van der Waals surface area contributed by atoms with Crippen molar-refractivity contribution in [2.24, 2.45) is 5.92 Å². The van der Waals surface area contributed by atoms with Crippen molar-refractivity contribution in [1.82, 2.24) is 14.7 Å². The SMILES string of the molecule is CC(C)CN(CCCN1CCN2CCCCC2C1)C(=O)OCc1ccccc1. The molecule has 1 atom stereocenters. The molecule has 1 aromatic carbocycles. The van der Waals surface area contributed by atoms with E-state index in [1.165, 1.54) is 45.4 Å². The van der Waals surface area contributed by atoms with Crippen molar-refractivity contribution in [2.45, 2.75) is 52.2 Å². The minimum atomic E-state index is -0.186. The van der Waals surface area contributed by atoms with Gasteiger partial charge in [-0.1, -0.05) is 50.6 Å². The van der Waals surface area contributed by atoms with Crippen LogP contribution in [0.5, 0.6) is 0 Å². The Hall–Kier alpha value is -1.59. The lowest BCUT2D eigenvalue weighted by Gasteiger charge is -2.44. The Morgan fingerprint density at radius 2 is 2.00 bits per heavy atom. The van der Waals surface area contributed by atoms with Crippen LogP contribution in [-0.2, 0) is 11.3 Å². The lowest BCUT2D eigenvalue weighted by molar-refractivity contribution is 0.0462. The van der Waals surface area contributed by atoms with Crippen LogP contribution >= 0.6 is 0 Å². The van der Waals surface area contributed by atoms with Crippen LogP contribution in [-0.4, -0.2) is 72.6 Å². The normalized spacial score (nSPS) is 20.8. The molecule has 0 bridgehead atoms.